The minimum atomic E-state index is -0.610. The molecule has 116 valence electrons. The van der Waals surface area contributed by atoms with Gasteiger partial charge in [-0.15, -0.1) is 0 Å². The molecule has 0 heterocycles. The number of aliphatic hydroxyl groups excluding tert-OH is 1. The molecule has 2 rings (SSSR count). The Morgan fingerprint density at radius 2 is 1.82 bits per heavy atom. The summed E-state index contributed by atoms with van der Waals surface area (Å²) in [4.78, 5) is 12.5. The number of amides is 1. The number of nitrogens with one attached hydrogen (secondary N) is 1. The summed E-state index contributed by atoms with van der Waals surface area (Å²) in [7, 11) is 0. The molecule has 0 aromatic heterocycles. The van der Waals surface area contributed by atoms with Gasteiger partial charge < -0.3 is 10.4 Å². The lowest BCUT2D eigenvalue weighted by Crippen LogP contribution is -2.34. The van der Waals surface area contributed by atoms with Crippen LogP contribution in [0.1, 0.15) is 36.4 Å². The highest BCUT2D eigenvalue weighted by Crippen LogP contribution is 2.21. The highest BCUT2D eigenvalue weighted by molar-refractivity contribution is 5.84. The number of rotatable bonds is 6. The molecular formula is C18H20FNO2. The zero-order valence-electron chi connectivity index (χ0n) is 12.5. The third kappa shape index (κ3) is 3.92. The van der Waals surface area contributed by atoms with E-state index >= 15 is 0 Å². The van der Waals surface area contributed by atoms with Gasteiger partial charge in [0.15, 0.2) is 0 Å². The van der Waals surface area contributed by atoms with Crippen LogP contribution < -0.4 is 5.32 Å². The molecule has 2 atom stereocenters. The maximum Gasteiger partial charge on any atom is 0.228 e. The van der Waals surface area contributed by atoms with Crippen LogP contribution in [0.2, 0.25) is 0 Å². The third-order valence-corrected chi connectivity index (χ3v) is 3.68. The summed E-state index contributed by atoms with van der Waals surface area (Å²) in [6, 6.07) is 14.8. The summed E-state index contributed by atoms with van der Waals surface area (Å²) < 4.78 is 13.3. The Labute approximate surface area is 129 Å². The van der Waals surface area contributed by atoms with E-state index in [0.717, 1.165) is 5.56 Å². The predicted octanol–water partition coefficient (Wildman–Crippen LogP) is 3.17. The lowest BCUT2D eigenvalue weighted by atomic mass is 9.95. The molecule has 0 radical (unpaired) electrons. The highest BCUT2D eigenvalue weighted by Gasteiger charge is 2.22. The minimum absolute atomic E-state index is 0.169. The third-order valence-electron chi connectivity index (χ3n) is 3.68. The van der Waals surface area contributed by atoms with E-state index in [1.807, 2.05) is 37.3 Å². The molecule has 0 saturated carbocycles. The van der Waals surface area contributed by atoms with Crippen molar-refractivity contribution >= 4 is 5.91 Å². The predicted molar refractivity (Wildman–Crippen MR) is 83.8 cm³/mol. The van der Waals surface area contributed by atoms with Gasteiger partial charge in [0.05, 0.1) is 18.6 Å². The Morgan fingerprint density at radius 1 is 1.14 bits per heavy atom. The van der Waals surface area contributed by atoms with Crippen LogP contribution >= 0.6 is 0 Å². The smallest absolute Gasteiger partial charge is 0.228 e. The molecule has 0 spiro atoms. The fourth-order valence-corrected chi connectivity index (χ4v) is 2.49. The molecule has 0 aliphatic heterocycles. The average Bonchev–Trinajstić information content (AvgIpc) is 2.54. The molecule has 3 nitrogen and oxygen atoms in total. The van der Waals surface area contributed by atoms with E-state index in [4.69, 9.17) is 0 Å². The Hall–Kier alpha value is -2.20. The fraction of sp³-hybridized carbons (Fsp3) is 0.278. The van der Waals surface area contributed by atoms with Gasteiger partial charge in [0.25, 0.3) is 0 Å². The number of hydrogen-bond acceptors (Lipinski definition) is 2. The SMILES string of the molecule is CC[C@H](C(=O)N[C@H](CO)c1cccc(F)c1)c1ccccc1. The first-order valence-electron chi connectivity index (χ1n) is 7.37. The van der Waals surface area contributed by atoms with E-state index in [-0.39, 0.29) is 24.2 Å². The number of carbonyl (C=O) groups excluding carboxylic acids is 1. The first-order chi connectivity index (χ1) is 10.7. The Balaban J connectivity index is 2.14. The van der Waals surface area contributed by atoms with Crippen LogP contribution in [0.3, 0.4) is 0 Å². The monoisotopic (exact) mass is 301 g/mol. The van der Waals surface area contributed by atoms with Gasteiger partial charge in [-0.2, -0.15) is 0 Å². The first-order valence-corrected chi connectivity index (χ1v) is 7.37. The van der Waals surface area contributed by atoms with Crippen molar-refractivity contribution in [2.75, 3.05) is 6.61 Å². The lowest BCUT2D eigenvalue weighted by molar-refractivity contribution is -0.123. The summed E-state index contributed by atoms with van der Waals surface area (Å²) in [5, 5.41) is 12.3. The van der Waals surface area contributed by atoms with Gasteiger partial charge in [-0.25, -0.2) is 4.39 Å². The summed E-state index contributed by atoms with van der Waals surface area (Å²) >= 11 is 0. The van der Waals surface area contributed by atoms with E-state index < -0.39 is 6.04 Å². The molecule has 4 heteroatoms. The highest BCUT2D eigenvalue weighted by atomic mass is 19.1. The first kappa shape index (κ1) is 16.2. The second-order valence-corrected chi connectivity index (χ2v) is 5.17. The van der Waals surface area contributed by atoms with Crippen LogP contribution in [0.5, 0.6) is 0 Å². The van der Waals surface area contributed by atoms with Crippen molar-refractivity contribution in [3.05, 3.63) is 71.5 Å². The van der Waals surface area contributed by atoms with Crippen molar-refractivity contribution in [2.24, 2.45) is 0 Å². The second kappa shape index (κ2) is 7.71. The van der Waals surface area contributed by atoms with Crippen LogP contribution in [0, 0.1) is 5.82 Å². The normalized spacial score (nSPS) is 13.4. The Morgan fingerprint density at radius 3 is 2.41 bits per heavy atom. The molecule has 2 N–H and O–H groups in total. The summed E-state index contributed by atoms with van der Waals surface area (Å²) in [6.07, 6.45) is 0.650. The molecule has 1 amide bonds. The number of aliphatic hydroxyl groups is 1. The molecule has 2 aromatic rings. The van der Waals surface area contributed by atoms with Crippen molar-refractivity contribution in [1.29, 1.82) is 0 Å². The van der Waals surface area contributed by atoms with E-state index in [2.05, 4.69) is 5.32 Å². The standard InChI is InChI=1S/C18H20FNO2/c1-2-16(13-7-4-3-5-8-13)18(22)20-17(12-21)14-9-6-10-15(19)11-14/h3-11,16-17,21H,2,12H2,1H3,(H,20,22)/t16-,17+/m0/s1. The Kier molecular flexibility index (Phi) is 5.67. The van der Waals surface area contributed by atoms with Gasteiger partial charge in [0, 0.05) is 0 Å². The fourth-order valence-electron chi connectivity index (χ4n) is 2.49. The minimum Gasteiger partial charge on any atom is -0.394 e. The van der Waals surface area contributed by atoms with Crippen molar-refractivity contribution in [3.8, 4) is 0 Å². The molecule has 22 heavy (non-hydrogen) atoms. The van der Waals surface area contributed by atoms with Crippen LogP contribution in [0.25, 0.3) is 0 Å². The van der Waals surface area contributed by atoms with Crippen molar-refractivity contribution < 1.29 is 14.3 Å². The summed E-state index contributed by atoms with van der Waals surface area (Å²) in [6.45, 7) is 1.66. The summed E-state index contributed by atoms with van der Waals surface area (Å²) in [5.41, 5.74) is 1.48. The van der Waals surface area contributed by atoms with E-state index in [0.29, 0.717) is 12.0 Å². The van der Waals surface area contributed by atoms with Gasteiger partial charge in [0.1, 0.15) is 5.82 Å². The van der Waals surface area contributed by atoms with Gasteiger partial charge in [-0.1, -0.05) is 49.4 Å². The molecular weight excluding hydrogens is 281 g/mol. The van der Waals surface area contributed by atoms with E-state index in [9.17, 15) is 14.3 Å². The molecule has 0 bridgehead atoms. The quantitative estimate of drug-likeness (QED) is 0.861. The van der Waals surface area contributed by atoms with Gasteiger partial charge in [0.2, 0.25) is 5.91 Å². The number of halogens is 1. The van der Waals surface area contributed by atoms with Crippen LogP contribution in [0.15, 0.2) is 54.6 Å². The lowest BCUT2D eigenvalue weighted by Gasteiger charge is -2.21. The van der Waals surface area contributed by atoms with E-state index in [1.165, 1.54) is 12.1 Å². The maximum absolute atomic E-state index is 13.3. The van der Waals surface area contributed by atoms with E-state index in [1.54, 1.807) is 12.1 Å². The van der Waals surface area contributed by atoms with Crippen molar-refractivity contribution in [3.63, 3.8) is 0 Å². The average molecular weight is 301 g/mol. The topological polar surface area (TPSA) is 49.3 Å². The molecule has 0 saturated heterocycles. The Bertz CT molecular complexity index is 615. The largest absolute Gasteiger partial charge is 0.394 e. The molecule has 0 aliphatic rings. The van der Waals surface area contributed by atoms with Gasteiger partial charge in [-0.05, 0) is 29.7 Å². The van der Waals surface area contributed by atoms with Crippen molar-refractivity contribution in [2.45, 2.75) is 25.3 Å². The van der Waals surface area contributed by atoms with Crippen LogP contribution in [-0.4, -0.2) is 17.6 Å². The number of carbonyl (C=O) groups is 1. The molecule has 0 fully saturated rings. The van der Waals surface area contributed by atoms with Crippen LogP contribution in [-0.2, 0) is 4.79 Å². The maximum atomic E-state index is 13.3. The second-order valence-electron chi connectivity index (χ2n) is 5.17. The zero-order valence-corrected chi connectivity index (χ0v) is 12.5. The number of hydrogen-bond donors (Lipinski definition) is 2. The number of benzene rings is 2. The molecule has 0 unspecified atom stereocenters. The molecule has 2 aromatic carbocycles. The van der Waals surface area contributed by atoms with Crippen molar-refractivity contribution in [1.82, 2.24) is 5.32 Å². The molecule has 0 aliphatic carbocycles. The van der Waals surface area contributed by atoms with Gasteiger partial charge in [-0.3, -0.25) is 4.79 Å². The summed E-state index contributed by atoms with van der Waals surface area (Å²) in [5.74, 6) is -0.846. The zero-order chi connectivity index (χ0) is 15.9. The van der Waals surface area contributed by atoms with Gasteiger partial charge >= 0.3 is 0 Å². The van der Waals surface area contributed by atoms with Crippen LogP contribution in [0.4, 0.5) is 4.39 Å².